The quantitative estimate of drug-likeness (QED) is 0.200. The van der Waals surface area contributed by atoms with Gasteiger partial charge in [0.05, 0.1) is 18.6 Å². The lowest BCUT2D eigenvalue weighted by Crippen LogP contribution is -2.45. The maximum Gasteiger partial charge on any atom is 0.328 e. The third-order valence-corrected chi connectivity index (χ3v) is 8.38. The topological polar surface area (TPSA) is 84.6 Å². The molecule has 228 valence electrons. The monoisotopic (exact) mass is 584 g/mol. The van der Waals surface area contributed by atoms with Gasteiger partial charge in [0, 0.05) is 70.6 Å². The molecular weight excluding hydrogens is 540 g/mol. The summed E-state index contributed by atoms with van der Waals surface area (Å²) in [4.78, 5) is 34.6. The molecule has 0 spiro atoms. The van der Waals surface area contributed by atoms with Gasteiger partial charge in [-0.2, -0.15) is 0 Å². The average molecular weight is 585 g/mol. The number of piperidine rings is 1. The molecule has 3 heterocycles. The molecule has 9 nitrogen and oxygen atoms in total. The number of benzene rings is 2. The lowest BCUT2D eigenvalue weighted by molar-refractivity contribution is 0.162. The second kappa shape index (κ2) is 14.9. The van der Waals surface area contributed by atoms with Crippen LogP contribution >= 0.6 is 0 Å². The molecular formula is C34H44N6O3. The molecule has 9 heteroatoms. The third-order valence-electron chi connectivity index (χ3n) is 8.38. The minimum absolute atomic E-state index is 0.0500. The maximum atomic E-state index is 13.8. The minimum atomic E-state index is -0.0715. The van der Waals surface area contributed by atoms with Crippen LogP contribution in [0, 0.1) is 5.92 Å². The molecule has 0 atom stereocenters. The van der Waals surface area contributed by atoms with E-state index in [0.717, 1.165) is 75.1 Å². The van der Waals surface area contributed by atoms with Gasteiger partial charge < -0.3 is 24.4 Å². The summed E-state index contributed by atoms with van der Waals surface area (Å²) in [5.41, 5.74) is 3.13. The summed E-state index contributed by atoms with van der Waals surface area (Å²) in [6.45, 7) is 6.84. The van der Waals surface area contributed by atoms with E-state index in [0.29, 0.717) is 25.6 Å². The van der Waals surface area contributed by atoms with Gasteiger partial charge in [0.25, 0.3) is 0 Å². The van der Waals surface area contributed by atoms with Crippen molar-refractivity contribution in [1.29, 1.82) is 0 Å². The summed E-state index contributed by atoms with van der Waals surface area (Å²) < 4.78 is 9.16. The molecule has 1 fully saturated rings. The van der Waals surface area contributed by atoms with E-state index in [-0.39, 0.29) is 12.1 Å². The molecule has 0 saturated carbocycles. The highest BCUT2D eigenvalue weighted by atomic mass is 16.5. The van der Waals surface area contributed by atoms with Crippen molar-refractivity contribution in [2.24, 2.45) is 5.92 Å². The van der Waals surface area contributed by atoms with Crippen LogP contribution in [0.5, 0.6) is 0 Å². The molecule has 4 aromatic rings. The fourth-order valence-electron chi connectivity index (χ4n) is 5.88. The molecule has 1 saturated heterocycles. The Morgan fingerprint density at radius 1 is 1.07 bits per heavy atom. The Kier molecular flexibility index (Phi) is 10.5. The van der Waals surface area contributed by atoms with Crippen molar-refractivity contribution in [2.45, 2.75) is 52.1 Å². The van der Waals surface area contributed by atoms with Crippen LogP contribution in [-0.4, -0.2) is 75.9 Å². The summed E-state index contributed by atoms with van der Waals surface area (Å²) in [5, 5.41) is 5.37. The SMILES string of the molecule is CCCCNC(=O)N1CCC(Cn2cncc2CN(CCCOC)C(=O)n2ccc(-c3cccc4ccccc34)c2)CC1. The molecule has 1 aliphatic rings. The molecule has 2 aromatic carbocycles. The number of amides is 3. The van der Waals surface area contributed by atoms with Crippen LogP contribution in [0.25, 0.3) is 21.9 Å². The van der Waals surface area contributed by atoms with Crippen molar-refractivity contribution >= 4 is 22.8 Å². The van der Waals surface area contributed by atoms with Crippen LogP contribution in [0.2, 0.25) is 0 Å². The van der Waals surface area contributed by atoms with Crippen molar-refractivity contribution < 1.29 is 14.3 Å². The van der Waals surface area contributed by atoms with Crippen molar-refractivity contribution in [3.05, 3.63) is 79.1 Å². The van der Waals surface area contributed by atoms with Crippen molar-refractivity contribution in [1.82, 2.24) is 29.2 Å². The Labute approximate surface area is 254 Å². The molecule has 5 rings (SSSR count). The number of fused-ring (bicyclic) bond motifs is 1. The zero-order valence-electron chi connectivity index (χ0n) is 25.5. The normalized spacial score (nSPS) is 13.9. The number of carbonyl (C=O) groups is 2. The van der Waals surface area contributed by atoms with Crippen LogP contribution < -0.4 is 5.32 Å². The summed E-state index contributed by atoms with van der Waals surface area (Å²) in [6, 6.07) is 16.6. The lowest BCUT2D eigenvalue weighted by atomic mass is 9.97. The summed E-state index contributed by atoms with van der Waals surface area (Å²) in [6.07, 6.45) is 12.2. The Morgan fingerprint density at radius 3 is 2.70 bits per heavy atom. The smallest absolute Gasteiger partial charge is 0.328 e. The van der Waals surface area contributed by atoms with Gasteiger partial charge in [-0.25, -0.2) is 14.6 Å². The number of urea groups is 1. The molecule has 0 aliphatic carbocycles. The second-order valence-corrected chi connectivity index (χ2v) is 11.4. The van der Waals surface area contributed by atoms with Crippen LogP contribution in [0.3, 0.4) is 0 Å². The number of aromatic nitrogens is 3. The van der Waals surface area contributed by atoms with Gasteiger partial charge >= 0.3 is 12.1 Å². The molecule has 0 unspecified atom stereocenters. The van der Waals surface area contributed by atoms with E-state index >= 15 is 0 Å². The number of likely N-dealkylation sites (tertiary alicyclic amines) is 1. The first-order valence-electron chi connectivity index (χ1n) is 15.5. The van der Waals surface area contributed by atoms with Crippen LogP contribution in [0.4, 0.5) is 9.59 Å². The van der Waals surface area contributed by atoms with E-state index in [1.165, 1.54) is 10.8 Å². The van der Waals surface area contributed by atoms with Crippen molar-refractivity contribution in [2.75, 3.05) is 39.9 Å². The van der Waals surface area contributed by atoms with Crippen molar-refractivity contribution in [3.8, 4) is 11.1 Å². The summed E-state index contributed by atoms with van der Waals surface area (Å²) >= 11 is 0. The Bertz CT molecular complexity index is 1480. The van der Waals surface area contributed by atoms with Gasteiger partial charge in [-0.05, 0) is 54.0 Å². The van der Waals surface area contributed by atoms with Gasteiger partial charge in [-0.3, -0.25) is 4.57 Å². The van der Waals surface area contributed by atoms with Gasteiger partial charge in [-0.15, -0.1) is 0 Å². The first-order chi connectivity index (χ1) is 21.1. The number of hydrogen-bond acceptors (Lipinski definition) is 4. The fourth-order valence-corrected chi connectivity index (χ4v) is 5.88. The zero-order valence-corrected chi connectivity index (χ0v) is 25.5. The fraction of sp³-hybridized carbons (Fsp3) is 0.441. The van der Waals surface area contributed by atoms with Crippen LogP contribution in [0.1, 0.15) is 44.7 Å². The number of imidazole rings is 1. The van der Waals surface area contributed by atoms with Crippen LogP contribution in [0.15, 0.2) is 73.4 Å². The van der Waals surface area contributed by atoms with E-state index < -0.39 is 0 Å². The first-order valence-corrected chi connectivity index (χ1v) is 15.5. The highest BCUT2D eigenvalue weighted by Gasteiger charge is 2.24. The predicted molar refractivity (Wildman–Crippen MR) is 170 cm³/mol. The molecule has 2 aromatic heterocycles. The number of unbranched alkanes of at least 4 members (excludes halogenated alkanes) is 1. The van der Waals surface area contributed by atoms with Crippen molar-refractivity contribution in [3.63, 3.8) is 0 Å². The van der Waals surface area contributed by atoms with Gasteiger partial charge in [0.15, 0.2) is 0 Å². The Balaban J connectivity index is 1.25. The molecule has 0 radical (unpaired) electrons. The first kappa shape index (κ1) is 30.4. The van der Waals surface area contributed by atoms with E-state index in [1.807, 2.05) is 52.9 Å². The van der Waals surface area contributed by atoms with E-state index in [4.69, 9.17) is 4.74 Å². The van der Waals surface area contributed by atoms with Gasteiger partial charge in [-0.1, -0.05) is 55.8 Å². The predicted octanol–water partition coefficient (Wildman–Crippen LogP) is 6.23. The number of hydrogen-bond donors (Lipinski definition) is 1. The second-order valence-electron chi connectivity index (χ2n) is 11.4. The molecule has 1 N–H and O–H groups in total. The molecule has 0 bridgehead atoms. The number of nitrogens with zero attached hydrogens (tertiary/aromatic N) is 5. The van der Waals surface area contributed by atoms with E-state index in [9.17, 15) is 9.59 Å². The minimum Gasteiger partial charge on any atom is -0.385 e. The van der Waals surface area contributed by atoms with Gasteiger partial charge in [0.2, 0.25) is 0 Å². The summed E-state index contributed by atoms with van der Waals surface area (Å²) in [7, 11) is 1.68. The number of methoxy groups -OCH3 is 1. The number of carbonyl (C=O) groups excluding carboxylic acids is 2. The zero-order chi connectivity index (χ0) is 30.0. The Morgan fingerprint density at radius 2 is 1.88 bits per heavy atom. The summed E-state index contributed by atoms with van der Waals surface area (Å²) in [5.74, 6) is 0.456. The van der Waals surface area contributed by atoms with Crippen LogP contribution in [-0.2, 0) is 17.8 Å². The molecule has 43 heavy (non-hydrogen) atoms. The average Bonchev–Trinajstić information content (AvgIpc) is 3.70. The maximum absolute atomic E-state index is 13.8. The van der Waals surface area contributed by atoms with Gasteiger partial charge in [0.1, 0.15) is 0 Å². The number of nitrogens with one attached hydrogen (secondary N) is 1. The van der Waals surface area contributed by atoms with E-state index in [1.54, 1.807) is 11.7 Å². The molecule has 3 amide bonds. The Hall–Kier alpha value is -4.11. The highest BCUT2D eigenvalue weighted by Crippen LogP contribution is 2.29. The molecule has 1 aliphatic heterocycles. The largest absolute Gasteiger partial charge is 0.385 e. The lowest BCUT2D eigenvalue weighted by Gasteiger charge is -2.32. The third kappa shape index (κ3) is 7.65. The number of rotatable bonds is 12. The standard InChI is InChI=1S/C34H44N6O3/c1-3-4-16-36-33(41)37-18-13-27(14-19-37)23-40-26-35-22-30(40)25-38(17-8-21-43-2)34(42)39-20-15-29(24-39)32-12-7-10-28-9-5-6-11-31(28)32/h5-7,9-12,15,20,22,24,26-27H,3-4,8,13-14,16-19,21,23,25H2,1-2H3,(H,36,41). The highest BCUT2D eigenvalue weighted by molar-refractivity contribution is 5.97. The number of ether oxygens (including phenoxy) is 1. The van der Waals surface area contributed by atoms with E-state index in [2.05, 4.69) is 52.1 Å².